The molecule has 0 N–H and O–H groups in total. The first-order valence-electron chi connectivity index (χ1n) is 4.37. The lowest BCUT2D eigenvalue weighted by Crippen LogP contribution is -1.91. The van der Waals surface area contributed by atoms with E-state index in [0.717, 1.165) is 5.56 Å². The molecule has 0 aliphatic rings. The topological polar surface area (TPSA) is 73.8 Å². The Morgan fingerprint density at radius 1 is 1.50 bits per heavy atom. The van der Waals surface area contributed by atoms with Crippen molar-refractivity contribution in [3.05, 3.63) is 39.8 Å². The van der Waals surface area contributed by atoms with Crippen LogP contribution < -0.4 is 0 Å². The highest BCUT2D eigenvalue weighted by molar-refractivity contribution is 6.33. The summed E-state index contributed by atoms with van der Waals surface area (Å²) in [6, 6.07) is 1.27. The second kappa shape index (κ2) is 3.90. The summed E-state index contributed by atoms with van der Waals surface area (Å²) >= 11 is 5.91. The van der Waals surface area contributed by atoms with Crippen LogP contribution in [0.1, 0.15) is 0 Å². The van der Waals surface area contributed by atoms with Crippen LogP contribution in [0.3, 0.4) is 0 Å². The highest BCUT2D eigenvalue weighted by atomic mass is 35.5. The predicted octanol–water partition coefficient (Wildman–Crippen LogP) is 2.04. The first-order chi connectivity index (χ1) is 7.58. The second-order valence-corrected chi connectivity index (χ2v) is 3.59. The molecule has 0 fully saturated rings. The highest BCUT2D eigenvalue weighted by Gasteiger charge is 2.13. The zero-order valence-electron chi connectivity index (χ0n) is 8.29. The summed E-state index contributed by atoms with van der Waals surface area (Å²) in [7, 11) is 1.77. The van der Waals surface area contributed by atoms with Crippen molar-refractivity contribution in [1.82, 2.24) is 14.8 Å². The molecule has 0 spiro atoms. The van der Waals surface area contributed by atoms with Gasteiger partial charge in [0.05, 0.1) is 21.8 Å². The standard InChI is InChI=1S/C9H7ClN4O2/c1-13-5-6(3-12-13)9-8(10)2-7(4-11-9)14(15)16/h2-5H,1H3. The van der Waals surface area contributed by atoms with Crippen LogP contribution in [0, 0.1) is 10.1 Å². The molecule has 0 aliphatic carbocycles. The van der Waals surface area contributed by atoms with Gasteiger partial charge in [-0.15, -0.1) is 0 Å². The fraction of sp³-hybridized carbons (Fsp3) is 0.111. The summed E-state index contributed by atoms with van der Waals surface area (Å²) in [6.45, 7) is 0. The van der Waals surface area contributed by atoms with Crippen LogP contribution in [0.15, 0.2) is 24.7 Å². The van der Waals surface area contributed by atoms with Crippen molar-refractivity contribution in [2.75, 3.05) is 0 Å². The minimum absolute atomic E-state index is 0.127. The zero-order chi connectivity index (χ0) is 11.7. The smallest absolute Gasteiger partial charge is 0.275 e. The van der Waals surface area contributed by atoms with Crippen LogP contribution in [0.2, 0.25) is 5.02 Å². The summed E-state index contributed by atoms with van der Waals surface area (Å²) in [4.78, 5) is 13.9. The van der Waals surface area contributed by atoms with Crippen LogP contribution in [-0.4, -0.2) is 19.7 Å². The summed E-state index contributed by atoms with van der Waals surface area (Å²) in [5, 5.41) is 14.7. The monoisotopic (exact) mass is 238 g/mol. The molecule has 7 heteroatoms. The van der Waals surface area contributed by atoms with E-state index in [9.17, 15) is 10.1 Å². The Morgan fingerprint density at radius 3 is 2.75 bits per heavy atom. The van der Waals surface area contributed by atoms with Gasteiger partial charge in [-0.3, -0.25) is 14.8 Å². The van der Waals surface area contributed by atoms with Gasteiger partial charge in [0.15, 0.2) is 0 Å². The van der Waals surface area contributed by atoms with Gasteiger partial charge in [-0.05, 0) is 0 Å². The lowest BCUT2D eigenvalue weighted by Gasteiger charge is -1.99. The largest absolute Gasteiger partial charge is 0.289 e. The average Bonchev–Trinajstić information content (AvgIpc) is 2.64. The van der Waals surface area contributed by atoms with Crippen molar-refractivity contribution in [2.45, 2.75) is 0 Å². The van der Waals surface area contributed by atoms with Crippen molar-refractivity contribution < 1.29 is 4.92 Å². The molecule has 16 heavy (non-hydrogen) atoms. The summed E-state index contributed by atoms with van der Waals surface area (Å²) in [5.41, 5.74) is 1.08. The van der Waals surface area contributed by atoms with E-state index < -0.39 is 4.92 Å². The Hall–Kier alpha value is -1.95. The number of nitrogens with zero attached hydrogens (tertiary/aromatic N) is 4. The van der Waals surface area contributed by atoms with Crippen LogP contribution in [0.5, 0.6) is 0 Å². The third-order valence-corrected chi connectivity index (χ3v) is 2.30. The first-order valence-corrected chi connectivity index (χ1v) is 4.74. The van der Waals surface area contributed by atoms with E-state index >= 15 is 0 Å². The van der Waals surface area contributed by atoms with E-state index in [1.807, 2.05) is 0 Å². The predicted molar refractivity (Wildman–Crippen MR) is 58.1 cm³/mol. The number of halogens is 1. The molecular formula is C9H7ClN4O2. The lowest BCUT2D eigenvalue weighted by molar-refractivity contribution is -0.385. The number of hydrogen-bond donors (Lipinski definition) is 0. The normalized spacial score (nSPS) is 10.4. The van der Waals surface area contributed by atoms with Crippen molar-refractivity contribution >= 4 is 17.3 Å². The summed E-state index contributed by atoms with van der Waals surface area (Å²) in [6.07, 6.45) is 4.51. The number of hydrogen-bond acceptors (Lipinski definition) is 4. The third kappa shape index (κ3) is 1.87. The second-order valence-electron chi connectivity index (χ2n) is 3.18. The Kier molecular flexibility index (Phi) is 2.57. The van der Waals surface area contributed by atoms with Gasteiger partial charge in [0.1, 0.15) is 6.20 Å². The SMILES string of the molecule is Cn1cc(-c2ncc([N+](=O)[O-])cc2Cl)cn1. The van der Waals surface area contributed by atoms with Crippen LogP contribution >= 0.6 is 11.6 Å². The molecule has 0 bridgehead atoms. The maximum Gasteiger partial charge on any atom is 0.289 e. The molecule has 0 radical (unpaired) electrons. The minimum Gasteiger partial charge on any atom is -0.275 e. The number of nitro groups is 1. The van der Waals surface area contributed by atoms with Gasteiger partial charge >= 0.3 is 0 Å². The van der Waals surface area contributed by atoms with Crippen LogP contribution in [0.25, 0.3) is 11.3 Å². The average molecular weight is 239 g/mol. The van der Waals surface area contributed by atoms with Crippen LogP contribution in [0.4, 0.5) is 5.69 Å². The van der Waals surface area contributed by atoms with Crippen molar-refractivity contribution in [3.8, 4) is 11.3 Å². The van der Waals surface area contributed by atoms with Gasteiger partial charge in [0.2, 0.25) is 0 Å². The van der Waals surface area contributed by atoms with Gasteiger partial charge < -0.3 is 0 Å². The van der Waals surface area contributed by atoms with Gasteiger partial charge in [0.25, 0.3) is 5.69 Å². The van der Waals surface area contributed by atoms with E-state index in [0.29, 0.717) is 5.69 Å². The quantitative estimate of drug-likeness (QED) is 0.593. The molecule has 0 aliphatic heterocycles. The zero-order valence-corrected chi connectivity index (χ0v) is 9.05. The highest BCUT2D eigenvalue weighted by Crippen LogP contribution is 2.27. The number of aromatic nitrogens is 3. The molecule has 0 saturated heterocycles. The Balaban J connectivity index is 2.47. The van der Waals surface area contributed by atoms with Crippen molar-refractivity contribution in [3.63, 3.8) is 0 Å². The third-order valence-electron chi connectivity index (χ3n) is 2.02. The molecule has 2 heterocycles. The Labute approximate surface area is 95.6 Å². The number of rotatable bonds is 2. The maximum atomic E-state index is 10.5. The molecule has 82 valence electrons. The molecule has 0 unspecified atom stereocenters. The Morgan fingerprint density at radius 2 is 2.25 bits per heavy atom. The molecule has 2 aromatic heterocycles. The fourth-order valence-electron chi connectivity index (χ4n) is 1.28. The first kappa shape index (κ1) is 10.6. The molecule has 0 aromatic carbocycles. The van der Waals surface area contributed by atoms with Crippen molar-refractivity contribution in [2.24, 2.45) is 7.05 Å². The molecular weight excluding hydrogens is 232 g/mol. The fourth-order valence-corrected chi connectivity index (χ4v) is 1.55. The molecule has 2 rings (SSSR count). The van der Waals surface area contributed by atoms with Crippen LogP contribution in [-0.2, 0) is 7.05 Å². The van der Waals surface area contributed by atoms with Crippen molar-refractivity contribution in [1.29, 1.82) is 0 Å². The number of pyridine rings is 1. The lowest BCUT2D eigenvalue weighted by atomic mass is 10.2. The minimum atomic E-state index is -0.536. The Bertz CT molecular complexity index is 552. The van der Waals surface area contributed by atoms with Gasteiger partial charge in [-0.1, -0.05) is 11.6 Å². The molecule has 6 nitrogen and oxygen atoms in total. The molecule has 0 saturated carbocycles. The van der Waals surface area contributed by atoms with Gasteiger partial charge in [0, 0.05) is 24.9 Å². The van der Waals surface area contributed by atoms with E-state index in [4.69, 9.17) is 11.6 Å². The van der Waals surface area contributed by atoms with Gasteiger partial charge in [-0.25, -0.2) is 4.98 Å². The molecule has 2 aromatic rings. The van der Waals surface area contributed by atoms with E-state index in [1.165, 1.54) is 12.3 Å². The number of aryl methyl sites for hydroxylation is 1. The van der Waals surface area contributed by atoms with E-state index in [2.05, 4.69) is 10.1 Å². The van der Waals surface area contributed by atoms with E-state index in [-0.39, 0.29) is 10.7 Å². The van der Waals surface area contributed by atoms with Gasteiger partial charge in [-0.2, -0.15) is 5.10 Å². The summed E-state index contributed by atoms with van der Waals surface area (Å²) in [5.74, 6) is 0. The molecule has 0 atom stereocenters. The summed E-state index contributed by atoms with van der Waals surface area (Å²) < 4.78 is 1.61. The molecule has 0 amide bonds. The van der Waals surface area contributed by atoms with E-state index in [1.54, 1.807) is 24.1 Å². The maximum absolute atomic E-state index is 10.5.